The summed E-state index contributed by atoms with van der Waals surface area (Å²) >= 11 is 0. The van der Waals surface area contributed by atoms with Gasteiger partial charge in [0, 0.05) is 25.3 Å². The van der Waals surface area contributed by atoms with Crippen LogP contribution in [0.2, 0.25) is 0 Å². The fourth-order valence-corrected chi connectivity index (χ4v) is 4.66. The number of primary amides is 1. The molecule has 4 N–H and O–H groups in total. The van der Waals surface area contributed by atoms with Gasteiger partial charge in [-0.15, -0.1) is 0 Å². The van der Waals surface area contributed by atoms with Crippen molar-refractivity contribution in [2.75, 3.05) is 6.54 Å². The minimum absolute atomic E-state index is 0.0677. The van der Waals surface area contributed by atoms with Crippen molar-refractivity contribution < 1.29 is 33.4 Å². The number of carbonyl (C=O) groups is 5. The van der Waals surface area contributed by atoms with Crippen LogP contribution in [-0.2, 0) is 35.1 Å². The fraction of sp³-hybridized carbons (Fsp3) is 0.581. The number of carbonyl (C=O) groups excluding carboxylic acids is 5. The van der Waals surface area contributed by atoms with Crippen LogP contribution in [0.3, 0.4) is 0 Å². The van der Waals surface area contributed by atoms with Gasteiger partial charge in [0.15, 0.2) is 0 Å². The van der Waals surface area contributed by atoms with E-state index in [1.165, 1.54) is 4.90 Å². The summed E-state index contributed by atoms with van der Waals surface area (Å²) in [5, 5.41) is 5.27. The first-order chi connectivity index (χ1) is 19.4. The zero-order chi connectivity index (χ0) is 31.8. The first kappa shape index (κ1) is 34.3. The minimum Gasteiger partial charge on any atom is -0.458 e. The number of rotatable bonds is 10. The number of esters is 1. The van der Waals surface area contributed by atoms with Gasteiger partial charge in [0.25, 0.3) is 5.91 Å². The van der Waals surface area contributed by atoms with Gasteiger partial charge >= 0.3 is 12.1 Å². The molecule has 0 bridgehead atoms. The number of ether oxygens (including phenoxy) is 2. The molecular formula is C31H46N4O7. The van der Waals surface area contributed by atoms with Gasteiger partial charge in [0.1, 0.15) is 29.0 Å². The van der Waals surface area contributed by atoms with Gasteiger partial charge in [0.05, 0.1) is 0 Å². The third kappa shape index (κ3) is 11.2. The molecule has 4 amide bonds. The normalized spacial score (nSPS) is 18.3. The van der Waals surface area contributed by atoms with E-state index < -0.39 is 59.0 Å². The number of allylic oxidation sites excluding steroid dienone is 1. The molecule has 1 aliphatic heterocycles. The summed E-state index contributed by atoms with van der Waals surface area (Å²) in [6.07, 6.45) is 1.14. The molecule has 232 valence electrons. The van der Waals surface area contributed by atoms with Gasteiger partial charge in [-0.05, 0) is 59.4 Å². The number of benzene rings is 1. The van der Waals surface area contributed by atoms with Crippen molar-refractivity contribution in [3.63, 3.8) is 0 Å². The maximum absolute atomic E-state index is 14.1. The van der Waals surface area contributed by atoms with Crippen LogP contribution in [0.5, 0.6) is 0 Å². The van der Waals surface area contributed by atoms with Crippen molar-refractivity contribution in [3.05, 3.63) is 47.7 Å². The van der Waals surface area contributed by atoms with Crippen molar-refractivity contribution in [1.29, 1.82) is 0 Å². The average molecular weight is 587 g/mol. The van der Waals surface area contributed by atoms with Crippen molar-refractivity contribution in [1.82, 2.24) is 15.5 Å². The molecule has 11 heteroatoms. The first-order valence-corrected chi connectivity index (χ1v) is 14.2. The molecule has 1 saturated heterocycles. The SMILES string of the molecule is CC(C)/C=C(/NC(=O)OC(C)(C)C)C(=O)N[C@@H](Cc1ccccc1)C(=O)N1CC[C@@H](CC(N)=O)[C@H]1C(=O)OC(C)(C)C. The van der Waals surface area contributed by atoms with E-state index in [4.69, 9.17) is 15.2 Å². The Morgan fingerprint density at radius 3 is 2.12 bits per heavy atom. The van der Waals surface area contributed by atoms with E-state index in [9.17, 15) is 24.0 Å². The Morgan fingerprint density at radius 2 is 1.60 bits per heavy atom. The average Bonchev–Trinajstić information content (AvgIpc) is 3.23. The van der Waals surface area contributed by atoms with E-state index in [1.807, 2.05) is 44.2 Å². The molecular weight excluding hydrogens is 540 g/mol. The van der Waals surface area contributed by atoms with Crippen molar-refractivity contribution >= 4 is 29.8 Å². The number of amides is 4. The van der Waals surface area contributed by atoms with Crippen molar-refractivity contribution in [3.8, 4) is 0 Å². The Hall–Kier alpha value is -3.89. The second kappa shape index (κ2) is 14.3. The number of nitrogens with one attached hydrogen (secondary N) is 2. The highest BCUT2D eigenvalue weighted by molar-refractivity contribution is 5.99. The molecule has 0 spiro atoms. The Balaban J connectivity index is 2.43. The van der Waals surface area contributed by atoms with Crippen LogP contribution >= 0.6 is 0 Å². The number of nitrogens with zero attached hydrogens (tertiary/aromatic N) is 1. The number of alkyl carbamates (subject to hydrolysis) is 1. The maximum Gasteiger partial charge on any atom is 0.412 e. The second-order valence-corrected chi connectivity index (χ2v) is 12.9. The molecule has 3 atom stereocenters. The predicted molar refractivity (Wildman–Crippen MR) is 158 cm³/mol. The summed E-state index contributed by atoms with van der Waals surface area (Å²) in [7, 11) is 0. The van der Waals surface area contributed by atoms with Gasteiger partial charge in [-0.2, -0.15) is 0 Å². The van der Waals surface area contributed by atoms with Crippen LogP contribution in [0.25, 0.3) is 0 Å². The fourth-order valence-electron chi connectivity index (χ4n) is 4.66. The number of hydrogen-bond donors (Lipinski definition) is 3. The lowest BCUT2D eigenvalue weighted by Crippen LogP contribution is -2.55. The molecule has 1 aliphatic rings. The molecule has 0 radical (unpaired) electrons. The zero-order valence-electron chi connectivity index (χ0n) is 26.0. The smallest absolute Gasteiger partial charge is 0.412 e. The standard InChI is InChI=1S/C31H46N4O7/c1-19(2)16-22(34-29(40)42-31(6,7)8)26(37)33-23(17-20-12-10-9-11-13-20)27(38)35-15-14-21(18-24(32)36)25(35)28(39)41-30(3,4)5/h9-13,16,19,21,23,25H,14-15,17-18H2,1-8H3,(H2,32,36)(H,33,37)(H,34,40)/b22-16+/t21-,23-,25-/m0/s1. The molecule has 0 aromatic heterocycles. The van der Waals surface area contributed by atoms with Gasteiger partial charge in [-0.3, -0.25) is 19.7 Å². The van der Waals surface area contributed by atoms with E-state index in [1.54, 1.807) is 47.6 Å². The molecule has 1 heterocycles. The summed E-state index contributed by atoms with van der Waals surface area (Å²) < 4.78 is 10.9. The zero-order valence-corrected chi connectivity index (χ0v) is 26.0. The second-order valence-electron chi connectivity index (χ2n) is 12.9. The van der Waals surface area contributed by atoms with Crippen molar-refractivity contribution in [2.45, 2.75) is 97.9 Å². The largest absolute Gasteiger partial charge is 0.458 e. The van der Waals surface area contributed by atoms with E-state index in [-0.39, 0.29) is 31.0 Å². The molecule has 0 aliphatic carbocycles. The summed E-state index contributed by atoms with van der Waals surface area (Å²) in [6, 6.07) is 6.95. The lowest BCUT2D eigenvalue weighted by molar-refractivity contribution is -0.165. The van der Waals surface area contributed by atoms with Crippen LogP contribution < -0.4 is 16.4 Å². The first-order valence-electron chi connectivity index (χ1n) is 14.2. The number of hydrogen-bond acceptors (Lipinski definition) is 7. The minimum atomic E-state index is -1.10. The van der Waals surface area contributed by atoms with E-state index >= 15 is 0 Å². The quantitative estimate of drug-likeness (QED) is 0.281. The van der Waals surface area contributed by atoms with Crippen LogP contribution in [0, 0.1) is 11.8 Å². The molecule has 1 aromatic carbocycles. The van der Waals surface area contributed by atoms with Crippen LogP contribution in [0.4, 0.5) is 4.79 Å². The predicted octanol–water partition coefficient (Wildman–Crippen LogP) is 3.21. The van der Waals surface area contributed by atoms with Crippen LogP contribution in [0.15, 0.2) is 42.1 Å². The third-order valence-corrected chi connectivity index (χ3v) is 6.18. The lowest BCUT2D eigenvalue weighted by atomic mass is 9.95. The van der Waals surface area contributed by atoms with E-state index in [2.05, 4.69) is 10.6 Å². The monoisotopic (exact) mass is 586 g/mol. The van der Waals surface area contributed by atoms with Crippen LogP contribution in [-0.4, -0.2) is 64.5 Å². The summed E-state index contributed by atoms with van der Waals surface area (Å²) in [4.78, 5) is 66.6. The molecule has 42 heavy (non-hydrogen) atoms. The molecule has 2 rings (SSSR count). The van der Waals surface area contributed by atoms with Gasteiger partial charge in [0.2, 0.25) is 11.8 Å². The molecule has 1 aromatic rings. The Kier molecular flexibility index (Phi) is 11.7. The van der Waals surface area contributed by atoms with Gasteiger partial charge < -0.3 is 25.4 Å². The summed E-state index contributed by atoms with van der Waals surface area (Å²) in [6.45, 7) is 14.1. The molecule has 0 saturated carbocycles. The Morgan fingerprint density at radius 1 is 1.00 bits per heavy atom. The Bertz CT molecular complexity index is 1170. The number of nitrogens with two attached hydrogens (primary N) is 1. The van der Waals surface area contributed by atoms with Gasteiger partial charge in [-0.25, -0.2) is 9.59 Å². The maximum atomic E-state index is 14.1. The molecule has 1 fully saturated rings. The lowest BCUT2D eigenvalue weighted by Gasteiger charge is -2.32. The highest BCUT2D eigenvalue weighted by Crippen LogP contribution is 2.30. The topological polar surface area (TPSA) is 157 Å². The number of likely N-dealkylation sites (tertiary alicyclic amines) is 1. The van der Waals surface area contributed by atoms with E-state index in [0.717, 1.165) is 5.56 Å². The van der Waals surface area contributed by atoms with Crippen molar-refractivity contribution in [2.24, 2.45) is 17.6 Å². The molecule has 0 unspecified atom stereocenters. The van der Waals surface area contributed by atoms with Crippen LogP contribution in [0.1, 0.15) is 73.8 Å². The Labute approximate surface area is 248 Å². The highest BCUT2D eigenvalue weighted by atomic mass is 16.6. The molecule has 11 nitrogen and oxygen atoms in total. The summed E-state index contributed by atoms with van der Waals surface area (Å²) in [5.41, 5.74) is 4.55. The van der Waals surface area contributed by atoms with E-state index in [0.29, 0.717) is 6.42 Å². The van der Waals surface area contributed by atoms with Gasteiger partial charge in [-0.1, -0.05) is 50.3 Å². The summed E-state index contributed by atoms with van der Waals surface area (Å²) in [5.74, 6) is -3.08. The third-order valence-electron chi connectivity index (χ3n) is 6.18. The highest BCUT2D eigenvalue weighted by Gasteiger charge is 2.46.